The van der Waals surface area contributed by atoms with E-state index in [2.05, 4.69) is 4.74 Å². The first-order valence-corrected chi connectivity index (χ1v) is 6.71. The van der Waals surface area contributed by atoms with Crippen molar-refractivity contribution in [1.29, 1.82) is 0 Å². The molecule has 2 N–H and O–H groups in total. The Morgan fingerprint density at radius 1 is 1.15 bits per heavy atom. The van der Waals surface area contributed by atoms with Crippen LogP contribution in [-0.2, 0) is 24.4 Å². The third-order valence-corrected chi connectivity index (χ3v) is 3.26. The minimum absolute atomic E-state index is 0.0229. The number of carboxylic acids is 1. The SMILES string of the molecule is O=C(O)CC(C(=O)OC(=O)c1ccccc1)S(=O)(=O)O. The molecule has 108 valence electrons. The van der Waals surface area contributed by atoms with Gasteiger partial charge in [-0.1, -0.05) is 18.2 Å². The van der Waals surface area contributed by atoms with Gasteiger partial charge >= 0.3 is 17.9 Å². The number of hydrogen-bond donors (Lipinski definition) is 2. The van der Waals surface area contributed by atoms with Crippen LogP contribution in [0.4, 0.5) is 0 Å². The quantitative estimate of drug-likeness (QED) is 0.444. The Kier molecular flexibility index (Phi) is 4.94. The summed E-state index contributed by atoms with van der Waals surface area (Å²) >= 11 is 0. The first kappa shape index (κ1) is 15.8. The monoisotopic (exact) mass is 302 g/mol. The van der Waals surface area contributed by atoms with Crippen LogP contribution in [0.3, 0.4) is 0 Å². The summed E-state index contributed by atoms with van der Waals surface area (Å²) in [7, 11) is -4.99. The number of carboxylic acid groups (broad SMARTS) is 1. The van der Waals surface area contributed by atoms with Crippen LogP contribution in [0, 0.1) is 0 Å². The van der Waals surface area contributed by atoms with Crippen LogP contribution in [-0.4, -0.2) is 41.2 Å². The second-order valence-electron chi connectivity index (χ2n) is 3.68. The van der Waals surface area contributed by atoms with Crippen molar-refractivity contribution in [2.75, 3.05) is 0 Å². The van der Waals surface area contributed by atoms with Gasteiger partial charge in [0, 0.05) is 0 Å². The van der Waals surface area contributed by atoms with Crippen LogP contribution in [0.15, 0.2) is 30.3 Å². The Hall–Kier alpha value is -2.26. The van der Waals surface area contributed by atoms with Gasteiger partial charge in [0.25, 0.3) is 10.1 Å². The summed E-state index contributed by atoms with van der Waals surface area (Å²) in [5, 5.41) is 6.12. The third-order valence-electron chi connectivity index (χ3n) is 2.19. The Morgan fingerprint density at radius 3 is 2.15 bits per heavy atom. The number of hydrogen-bond acceptors (Lipinski definition) is 6. The Labute approximate surface area is 113 Å². The molecule has 8 nitrogen and oxygen atoms in total. The molecule has 0 bridgehead atoms. The lowest BCUT2D eigenvalue weighted by atomic mass is 10.2. The molecular weight excluding hydrogens is 292 g/mol. The van der Waals surface area contributed by atoms with Gasteiger partial charge < -0.3 is 9.84 Å². The molecule has 20 heavy (non-hydrogen) atoms. The van der Waals surface area contributed by atoms with Gasteiger partial charge in [-0.25, -0.2) is 4.79 Å². The van der Waals surface area contributed by atoms with Crippen molar-refractivity contribution in [2.45, 2.75) is 11.7 Å². The van der Waals surface area contributed by atoms with E-state index in [4.69, 9.17) is 9.66 Å². The Morgan fingerprint density at radius 2 is 1.70 bits per heavy atom. The van der Waals surface area contributed by atoms with Gasteiger partial charge in [-0.05, 0) is 12.1 Å². The van der Waals surface area contributed by atoms with Crippen molar-refractivity contribution < 1.29 is 37.2 Å². The second kappa shape index (κ2) is 6.26. The molecule has 1 atom stereocenters. The maximum absolute atomic E-state index is 11.5. The van der Waals surface area contributed by atoms with Gasteiger partial charge in [-0.15, -0.1) is 0 Å². The molecule has 0 aliphatic rings. The zero-order valence-electron chi connectivity index (χ0n) is 9.92. The highest BCUT2D eigenvalue weighted by molar-refractivity contribution is 7.87. The topological polar surface area (TPSA) is 135 Å². The third kappa shape index (κ3) is 4.44. The molecule has 0 fully saturated rings. The van der Waals surface area contributed by atoms with Gasteiger partial charge in [0.1, 0.15) is 0 Å². The summed E-state index contributed by atoms with van der Waals surface area (Å²) in [4.78, 5) is 33.4. The molecule has 0 saturated heterocycles. The average molecular weight is 302 g/mol. The van der Waals surface area contributed by atoms with Gasteiger partial charge in [0.05, 0.1) is 12.0 Å². The number of benzene rings is 1. The Bertz CT molecular complexity index is 619. The highest BCUT2D eigenvalue weighted by atomic mass is 32.2. The van der Waals surface area contributed by atoms with E-state index in [1.807, 2.05) is 0 Å². The van der Waals surface area contributed by atoms with E-state index in [1.54, 1.807) is 6.07 Å². The standard InChI is InChI=1S/C11H10O8S/c12-9(13)6-8(20(16,17)18)11(15)19-10(14)7-4-2-1-3-5-7/h1-5,8H,6H2,(H,12,13)(H,16,17,18). The Balaban J connectivity index is 2.87. The number of carbonyl (C=O) groups excluding carboxylic acids is 2. The van der Waals surface area contributed by atoms with Crippen LogP contribution in [0.2, 0.25) is 0 Å². The van der Waals surface area contributed by atoms with E-state index in [9.17, 15) is 22.8 Å². The summed E-state index contributed by atoms with van der Waals surface area (Å²) in [5.74, 6) is -4.44. The van der Waals surface area contributed by atoms with Gasteiger partial charge in [0.15, 0.2) is 5.25 Å². The number of carbonyl (C=O) groups is 3. The summed E-state index contributed by atoms with van der Waals surface area (Å²) in [6.45, 7) is 0. The smallest absolute Gasteiger partial charge is 0.345 e. The molecule has 0 heterocycles. The van der Waals surface area contributed by atoms with E-state index in [1.165, 1.54) is 24.3 Å². The van der Waals surface area contributed by atoms with Crippen molar-refractivity contribution in [1.82, 2.24) is 0 Å². The number of esters is 2. The lowest BCUT2D eigenvalue weighted by molar-refractivity contribution is -0.143. The molecule has 0 spiro atoms. The second-order valence-corrected chi connectivity index (χ2v) is 5.28. The van der Waals surface area contributed by atoms with E-state index < -0.39 is 39.7 Å². The molecule has 0 aliphatic carbocycles. The van der Waals surface area contributed by atoms with E-state index in [0.717, 1.165) is 0 Å². The van der Waals surface area contributed by atoms with Crippen LogP contribution in [0.5, 0.6) is 0 Å². The van der Waals surface area contributed by atoms with Crippen molar-refractivity contribution >= 4 is 28.0 Å². The molecule has 1 rings (SSSR count). The fourth-order valence-electron chi connectivity index (χ4n) is 1.26. The summed E-state index contributed by atoms with van der Waals surface area (Å²) in [6.07, 6.45) is -1.21. The number of rotatable bonds is 5. The molecule has 0 radical (unpaired) electrons. The van der Waals surface area contributed by atoms with Crippen molar-refractivity contribution in [3.8, 4) is 0 Å². The lowest BCUT2D eigenvalue weighted by Crippen LogP contribution is -2.35. The van der Waals surface area contributed by atoms with Crippen molar-refractivity contribution in [3.05, 3.63) is 35.9 Å². The van der Waals surface area contributed by atoms with Gasteiger partial charge in [0.2, 0.25) is 0 Å². The predicted octanol–water partition coefficient (Wildman–Crippen LogP) is 0.101. The van der Waals surface area contributed by atoms with Crippen molar-refractivity contribution in [2.24, 2.45) is 0 Å². The van der Waals surface area contributed by atoms with Crippen molar-refractivity contribution in [3.63, 3.8) is 0 Å². The maximum Gasteiger partial charge on any atom is 0.345 e. The van der Waals surface area contributed by atoms with Gasteiger partial charge in [-0.2, -0.15) is 8.42 Å². The maximum atomic E-state index is 11.5. The largest absolute Gasteiger partial charge is 0.481 e. The van der Waals surface area contributed by atoms with E-state index in [0.29, 0.717) is 0 Å². The summed E-state index contributed by atoms with van der Waals surface area (Å²) < 4.78 is 34.8. The number of aliphatic carboxylic acids is 1. The highest BCUT2D eigenvalue weighted by Gasteiger charge is 2.36. The normalized spacial score (nSPS) is 12.4. The van der Waals surface area contributed by atoms with E-state index >= 15 is 0 Å². The first-order valence-electron chi connectivity index (χ1n) is 5.21. The molecule has 1 unspecified atom stereocenters. The molecule has 0 amide bonds. The molecule has 1 aromatic carbocycles. The van der Waals surface area contributed by atoms with Gasteiger partial charge in [-0.3, -0.25) is 14.1 Å². The molecule has 9 heteroatoms. The fraction of sp³-hybridized carbons (Fsp3) is 0.182. The molecule has 0 aliphatic heterocycles. The molecule has 0 aromatic heterocycles. The highest BCUT2D eigenvalue weighted by Crippen LogP contribution is 2.10. The minimum Gasteiger partial charge on any atom is -0.481 e. The first-order chi connectivity index (χ1) is 9.21. The number of ether oxygens (including phenoxy) is 1. The molecule has 0 saturated carbocycles. The van der Waals surface area contributed by atoms with Crippen LogP contribution >= 0.6 is 0 Å². The summed E-state index contributed by atoms with van der Waals surface area (Å²) in [5.41, 5.74) is -0.0229. The zero-order chi connectivity index (χ0) is 15.3. The van der Waals surface area contributed by atoms with E-state index in [-0.39, 0.29) is 5.56 Å². The molecular formula is C11H10O8S. The van der Waals surface area contributed by atoms with Crippen LogP contribution in [0.25, 0.3) is 0 Å². The fourth-order valence-corrected chi connectivity index (χ4v) is 1.90. The predicted molar refractivity (Wildman–Crippen MR) is 64.5 cm³/mol. The zero-order valence-corrected chi connectivity index (χ0v) is 10.7. The minimum atomic E-state index is -4.99. The molecule has 1 aromatic rings. The summed E-state index contributed by atoms with van der Waals surface area (Å²) in [6, 6.07) is 7.20. The lowest BCUT2D eigenvalue weighted by Gasteiger charge is -2.10. The average Bonchev–Trinajstić information content (AvgIpc) is 2.35. The van der Waals surface area contributed by atoms with Crippen LogP contribution < -0.4 is 0 Å². The van der Waals surface area contributed by atoms with Crippen LogP contribution in [0.1, 0.15) is 16.8 Å².